The van der Waals surface area contributed by atoms with Gasteiger partial charge in [-0.15, -0.1) is 0 Å². The number of hydrogen-bond donors (Lipinski definition) is 1. The molecular weight excluding hydrogens is 226 g/mol. The van der Waals surface area contributed by atoms with Gasteiger partial charge >= 0.3 is 0 Å². The fraction of sp³-hybridized carbons (Fsp3) is 0.769. The molecular formula is C13H23N5. The molecule has 2 aliphatic rings. The van der Waals surface area contributed by atoms with Gasteiger partial charge in [-0.2, -0.15) is 0 Å². The third-order valence-corrected chi connectivity index (χ3v) is 4.26. The molecule has 0 aliphatic carbocycles. The highest BCUT2D eigenvalue weighted by Gasteiger charge is 2.27. The highest BCUT2D eigenvalue weighted by Crippen LogP contribution is 2.09. The Bertz CT molecular complexity index is 376. The van der Waals surface area contributed by atoms with Crippen LogP contribution in [0.2, 0.25) is 0 Å². The Morgan fingerprint density at radius 3 is 2.56 bits per heavy atom. The summed E-state index contributed by atoms with van der Waals surface area (Å²) in [5, 5.41) is 3.35. The minimum absolute atomic E-state index is 0.808. The molecule has 2 fully saturated rings. The number of nitrogens with one attached hydrogen (secondary N) is 1. The average Bonchev–Trinajstić information content (AvgIpc) is 2.72. The second-order valence-electron chi connectivity index (χ2n) is 5.36. The van der Waals surface area contributed by atoms with Gasteiger partial charge in [0.25, 0.3) is 0 Å². The zero-order chi connectivity index (χ0) is 12.4. The standard InChI is InChI=1S/C13H23N5/c1-12-15-2-3-17(12)7-4-16-5-8-18(9-6-16)13-10-14-11-13/h2-3,13-14H,4-11H2,1H3. The third-order valence-electron chi connectivity index (χ3n) is 4.26. The van der Waals surface area contributed by atoms with Gasteiger partial charge < -0.3 is 9.88 Å². The van der Waals surface area contributed by atoms with Crippen LogP contribution in [0.15, 0.2) is 12.4 Å². The Hall–Kier alpha value is -0.910. The Balaban J connectivity index is 1.41. The summed E-state index contributed by atoms with van der Waals surface area (Å²) in [6.45, 7) is 11.5. The first-order valence-corrected chi connectivity index (χ1v) is 6.98. The molecule has 0 bridgehead atoms. The Morgan fingerprint density at radius 2 is 2.00 bits per heavy atom. The number of imidazole rings is 1. The molecule has 3 rings (SSSR count). The van der Waals surface area contributed by atoms with E-state index in [1.54, 1.807) is 0 Å². The van der Waals surface area contributed by atoms with Crippen molar-refractivity contribution >= 4 is 0 Å². The predicted molar refractivity (Wildman–Crippen MR) is 71.6 cm³/mol. The van der Waals surface area contributed by atoms with Crippen LogP contribution in [-0.4, -0.2) is 71.2 Å². The number of piperazine rings is 1. The van der Waals surface area contributed by atoms with Crippen LogP contribution in [0.4, 0.5) is 0 Å². The van der Waals surface area contributed by atoms with Crippen molar-refractivity contribution in [2.24, 2.45) is 0 Å². The van der Waals surface area contributed by atoms with E-state index in [9.17, 15) is 0 Å². The van der Waals surface area contributed by atoms with Crippen molar-refractivity contribution in [1.29, 1.82) is 0 Å². The molecule has 0 unspecified atom stereocenters. The Morgan fingerprint density at radius 1 is 1.22 bits per heavy atom. The average molecular weight is 249 g/mol. The summed E-state index contributed by atoms with van der Waals surface area (Å²) < 4.78 is 2.24. The molecule has 0 saturated carbocycles. The SMILES string of the molecule is Cc1nccn1CCN1CCN(C2CNC2)CC1. The lowest BCUT2D eigenvalue weighted by Crippen LogP contribution is -2.61. The van der Waals surface area contributed by atoms with Crippen molar-refractivity contribution in [3.63, 3.8) is 0 Å². The lowest BCUT2D eigenvalue weighted by atomic mass is 10.1. The molecule has 2 aliphatic heterocycles. The summed E-state index contributed by atoms with van der Waals surface area (Å²) >= 11 is 0. The van der Waals surface area contributed by atoms with Gasteiger partial charge in [-0.25, -0.2) is 4.98 Å². The van der Waals surface area contributed by atoms with E-state index in [2.05, 4.69) is 37.8 Å². The molecule has 5 heteroatoms. The van der Waals surface area contributed by atoms with E-state index in [1.165, 1.54) is 39.3 Å². The maximum Gasteiger partial charge on any atom is 0.105 e. The van der Waals surface area contributed by atoms with Crippen LogP contribution < -0.4 is 5.32 Å². The topological polar surface area (TPSA) is 36.3 Å². The van der Waals surface area contributed by atoms with Crippen LogP contribution in [-0.2, 0) is 6.54 Å². The zero-order valence-corrected chi connectivity index (χ0v) is 11.2. The van der Waals surface area contributed by atoms with Crippen molar-refractivity contribution in [3.8, 4) is 0 Å². The van der Waals surface area contributed by atoms with Crippen molar-refractivity contribution < 1.29 is 0 Å². The van der Waals surface area contributed by atoms with Gasteiger partial charge in [0.2, 0.25) is 0 Å². The van der Waals surface area contributed by atoms with Crippen molar-refractivity contribution in [1.82, 2.24) is 24.7 Å². The van der Waals surface area contributed by atoms with Gasteiger partial charge in [-0.1, -0.05) is 0 Å². The largest absolute Gasteiger partial charge is 0.334 e. The maximum atomic E-state index is 4.26. The minimum Gasteiger partial charge on any atom is -0.334 e. The second-order valence-corrected chi connectivity index (χ2v) is 5.36. The quantitative estimate of drug-likeness (QED) is 0.800. The first-order valence-electron chi connectivity index (χ1n) is 6.98. The lowest BCUT2D eigenvalue weighted by Gasteiger charge is -2.43. The first-order chi connectivity index (χ1) is 8.83. The van der Waals surface area contributed by atoms with Crippen molar-refractivity contribution in [3.05, 3.63) is 18.2 Å². The van der Waals surface area contributed by atoms with Gasteiger partial charge in [-0.05, 0) is 6.92 Å². The van der Waals surface area contributed by atoms with Crippen LogP contribution in [0.1, 0.15) is 5.82 Å². The van der Waals surface area contributed by atoms with Crippen LogP contribution in [0.25, 0.3) is 0 Å². The molecule has 0 amide bonds. The van der Waals surface area contributed by atoms with Crippen molar-refractivity contribution in [2.75, 3.05) is 45.8 Å². The summed E-state index contributed by atoms with van der Waals surface area (Å²) in [6, 6.07) is 0.808. The van der Waals surface area contributed by atoms with E-state index in [1.807, 2.05) is 6.20 Å². The molecule has 1 N–H and O–H groups in total. The third kappa shape index (κ3) is 2.58. The highest BCUT2D eigenvalue weighted by molar-refractivity contribution is 4.90. The van der Waals surface area contributed by atoms with Gasteiger partial charge in [0.05, 0.1) is 0 Å². The van der Waals surface area contributed by atoms with Crippen LogP contribution in [0, 0.1) is 6.92 Å². The monoisotopic (exact) mass is 249 g/mol. The maximum absolute atomic E-state index is 4.26. The Kier molecular flexibility index (Phi) is 3.63. The van der Waals surface area contributed by atoms with Crippen LogP contribution in [0.3, 0.4) is 0 Å². The molecule has 3 heterocycles. The molecule has 0 spiro atoms. The fourth-order valence-electron chi connectivity index (χ4n) is 2.77. The number of rotatable bonds is 4. The van der Waals surface area contributed by atoms with Gasteiger partial charge in [0, 0.05) is 70.8 Å². The van der Waals surface area contributed by atoms with Crippen molar-refractivity contribution in [2.45, 2.75) is 19.5 Å². The summed E-state index contributed by atoms with van der Waals surface area (Å²) in [6.07, 6.45) is 3.96. The molecule has 2 saturated heterocycles. The number of nitrogens with zero attached hydrogens (tertiary/aromatic N) is 4. The van der Waals surface area contributed by atoms with E-state index in [0.29, 0.717) is 0 Å². The lowest BCUT2D eigenvalue weighted by molar-refractivity contribution is 0.0713. The van der Waals surface area contributed by atoms with Gasteiger partial charge in [0.15, 0.2) is 0 Å². The molecule has 0 aromatic carbocycles. The van der Waals surface area contributed by atoms with E-state index >= 15 is 0 Å². The summed E-state index contributed by atoms with van der Waals surface area (Å²) in [7, 11) is 0. The van der Waals surface area contributed by atoms with E-state index < -0.39 is 0 Å². The second kappa shape index (κ2) is 5.38. The summed E-state index contributed by atoms with van der Waals surface area (Å²) in [5.41, 5.74) is 0. The van der Waals surface area contributed by atoms with E-state index in [-0.39, 0.29) is 0 Å². The number of aryl methyl sites for hydroxylation is 1. The van der Waals surface area contributed by atoms with Crippen LogP contribution >= 0.6 is 0 Å². The minimum atomic E-state index is 0.808. The summed E-state index contributed by atoms with van der Waals surface area (Å²) in [4.78, 5) is 9.47. The van der Waals surface area contributed by atoms with E-state index in [4.69, 9.17) is 0 Å². The van der Waals surface area contributed by atoms with Crippen LogP contribution in [0.5, 0.6) is 0 Å². The molecule has 1 aromatic heterocycles. The molecule has 5 nitrogen and oxygen atoms in total. The van der Waals surface area contributed by atoms with E-state index in [0.717, 1.165) is 25.0 Å². The fourth-order valence-corrected chi connectivity index (χ4v) is 2.77. The predicted octanol–water partition coefficient (Wildman–Crippen LogP) is -0.219. The Labute approximate surface area is 109 Å². The van der Waals surface area contributed by atoms with Gasteiger partial charge in [-0.3, -0.25) is 9.80 Å². The molecule has 100 valence electrons. The highest BCUT2D eigenvalue weighted by atomic mass is 15.3. The number of hydrogen-bond acceptors (Lipinski definition) is 4. The smallest absolute Gasteiger partial charge is 0.105 e. The zero-order valence-electron chi connectivity index (χ0n) is 11.2. The first kappa shape index (κ1) is 12.1. The molecule has 18 heavy (non-hydrogen) atoms. The molecule has 0 radical (unpaired) electrons. The number of aromatic nitrogens is 2. The molecule has 1 aromatic rings. The normalized spacial score (nSPS) is 23.2. The summed E-state index contributed by atoms with van der Waals surface area (Å²) in [5.74, 6) is 1.12. The molecule has 0 atom stereocenters. The van der Waals surface area contributed by atoms with Gasteiger partial charge in [0.1, 0.15) is 5.82 Å².